The van der Waals surface area contributed by atoms with E-state index >= 15 is 0 Å². The van der Waals surface area contributed by atoms with Gasteiger partial charge >= 0.3 is 0 Å². The molecule has 1 aromatic carbocycles. The van der Waals surface area contributed by atoms with E-state index in [-0.39, 0.29) is 5.91 Å². The number of nitrogens with one attached hydrogen (secondary N) is 2. The molecule has 1 amide bonds. The van der Waals surface area contributed by atoms with Crippen LogP contribution in [-0.2, 0) is 6.42 Å². The van der Waals surface area contributed by atoms with Crippen molar-refractivity contribution in [2.45, 2.75) is 6.42 Å². The highest BCUT2D eigenvalue weighted by molar-refractivity contribution is 5.99. The predicted octanol–water partition coefficient (Wildman–Crippen LogP) is 1.40. The van der Waals surface area contributed by atoms with E-state index in [1.807, 2.05) is 0 Å². The third-order valence-corrected chi connectivity index (χ3v) is 2.89. The molecule has 0 spiro atoms. The molecule has 6 nitrogen and oxygen atoms in total. The van der Waals surface area contributed by atoms with Crippen molar-refractivity contribution in [3.05, 3.63) is 42.0 Å². The van der Waals surface area contributed by atoms with Crippen molar-refractivity contribution in [1.82, 2.24) is 15.3 Å². The Kier molecular flexibility index (Phi) is 4.60. The van der Waals surface area contributed by atoms with Crippen molar-refractivity contribution < 1.29 is 14.3 Å². The van der Waals surface area contributed by atoms with E-state index < -0.39 is 0 Å². The maximum absolute atomic E-state index is 12.2. The maximum Gasteiger partial charge on any atom is 0.258 e. The number of carbonyl (C=O) groups excluding carboxylic acids is 1. The minimum atomic E-state index is -0.223. The van der Waals surface area contributed by atoms with Gasteiger partial charge in [-0.25, -0.2) is 4.98 Å². The number of imidazole rings is 1. The summed E-state index contributed by atoms with van der Waals surface area (Å²) >= 11 is 0. The van der Waals surface area contributed by atoms with Crippen LogP contribution >= 0.6 is 0 Å². The average molecular weight is 275 g/mol. The average Bonchev–Trinajstić information content (AvgIpc) is 2.99. The second kappa shape index (κ2) is 6.60. The van der Waals surface area contributed by atoms with Crippen molar-refractivity contribution in [3.63, 3.8) is 0 Å². The Labute approximate surface area is 117 Å². The van der Waals surface area contributed by atoms with Crippen LogP contribution in [0.3, 0.4) is 0 Å². The molecule has 1 aromatic heterocycles. The number of amides is 1. The van der Waals surface area contributed by atoms with Crippen LogP contribution in [0.4, 0.5) is 0 Å². The lowest BCUT2D eigenvalue weighted by molar-refractivity contribution is 0.0948. The molecule has 1 heterocycles. The standard InChI is InChI=1S/C14H17N3O3/c1-19-11-4-3-5-12(20-2)13(11)14(18)16-7-6-10-8-15-9-17-10/h3-5,8-9H,6-7H2,1-2H3,(H,15,17)(H,16,18). The lowest BCUT2D eigenvalue weighted by atomic mass is 10.1. The molecule has 0 atom stereocenters. The lowest BCUT2D eigenvalue weighted by Crippen LogP contribution is -2.26. The van der Waals surface area contributed by atoms with Crippen molar-refractivity contribution in [2.75, 3.05) is 20.8 Å². The van der Waals surface area contributed by atoms with Crippen molar-refractivity contribution in [2.24, 2.45) is 0 Å². The number of rotatable bonds is 6. The van der Waals surface area contributed by atoms with E-state index in [4.69, 9.17) is 9.47 Å². The van der Waals surface area contributed by atoms with Crippen LogP contribution in [0.1, 0.15) is 16.1 Å². The third kappa shape index (κ3) is 3.09. The molecule has 2 rings (SSSR count). The number of aromatic amines is 1. The largest absolute Gasteiger partial charge is 0.496 e. The van der Waals surface area contributed by atoms with Crippen LogP contribution in [0.2, 0.25) is 0 Å². The molecule has 0 saturated heterocycles. The molecule has 20 heavy (non-hydrogen) atoms. The molecule has 0 fully saturated rings. The minimum absolute atomic E-state index is 0.223. The Morgan fingerprint density at radius 3 is 2.55 bits per heavy atom. The van der Waals surface area contributed by atoms with Gasteiger partial charge in [0, 0.05) is 24.9 Å². The van der Waals surface area contributed by atoms with E-state index in [0.717, 1.165) is 5.69 Å². The molecule has 0 aliphatic heterocycles. The molecular formula is C14H17N3O3. The summed E-state index contributed by atoms with van der Waals surface area (Å²) in [6.07, 6.45) is 4.03. The summed E-state index contributed by atoms with van der Waals surface area (Å²) in [4.78, 5) is 19.1. The van der Waals surface area contributed by atoms with E-state index in [9.17, 15) is 4.79 Å². The van der Waals surface area contributed by atoms with Gasteiger partial charge in [0.2, 0.25) is 0 Å². The first kappa shape index (κ1) is 13.9. The van der Waals surface area contributed by atoms with Crippen LogP contribution in [0, 0.1) is 0 Å². The van der Waals surface area contributed by atoms with Gasteiger partial charge in [-0.2, -0.15) is 0 Å². The molecule has 2 aromatic rings. The zero-order valence-corrected chi connectivity index (χ0v) is 11.5. The van der Waals surface area contributed by atoms with Crippen LogP contribution in [0.25, 0.3) is 0 Å². The highest BCUT2D eigenvalue weighted by Gasteiger charge is 2.17. The van der Waals surface area contributed by atoms with E-state index in [2.05, 4.69) is 15.3 Å². The Balaban J connectivity index is 2.04. The highest BCUT2D eigenvalue weighted by atomic mass is 16.5. The molecular weight excluding hydrogens is 258 g/mol. The van der Waals surface area contributed by atoms with E-state index in [1.54, 1.807) is 30.7 Å². The number of aromatic nitrogens is 2. The van der Waals surface area contributed by atoms with Gasteiger partial charge in [0.25, 0.3) is 5.91 Å². The molecule has 0 radical (unpaired) electrons. The van der Waals surface area contributed by atoms with Crippen molar-refractivity contribution in [3.8, 4) is 11.5 Å². The normalized spacial score (nSPS) is 10.1. The minimum Gasteiger partial charge on any atom is -0.496 e. The number of methoxy groups -OCH3 is 2. The summed E-state index contributed by atoms with van der Waals surface area (Å²) in [7, 11) is 3.05. The van der Waals surface area contributed by atoms with Crippen LogP contribution in [0.5, 0.6) is 11.5 Å². The molecule has 0 aliphatic rings. The van der Waals surface area contributed by atoms with Gasteiger partial charge in [0.05, 0.1) is 20.5 Å². The number of nitrogens with zero attached hydrogens (tertiary/aromatic N) is 1. The number of carbonyl (C=O) groups is 1. The lowest BCUT2D eigenvalue weighted by Gasteiger charge is -2.12. The number of H-pyrrole nitrogens is 1. The summed E-state index contributed by atoms with van der Waals surface area (Å²) in [5, 5.41) is 2.84. The van der Waals surface area contributed by atoms with Gasteiger partial charge in [-0.1, -0.05) is 6.07 Å². The quantitative estimate of drug-likeness (QED) is 0.835. The van der Waals surface area contributed by atoms with Gasteiger partial charge < -0.3 is 19.8 Å². The highest BCUT2D eigenvalue weighted by Crippen LogP contribution is 2.27. The van der Waals surface area contributed by atoms with Crippen molar-refractivity contribution >= 4 is 5.91 Å². The molecule has 0 aliphatic carbocycles. The Morgan fingerprint density at radius 2 is 2.00 bits per heavy atom. The fraction of sp³-hybridized carbons (Fsp3) is 0.286. The van der Waals surface area contributed by atoms with E-state index in [1.165, 1.54) is 14.2 Å². The number of ether oxygens (including phenoxy) is 2. The Morgan fingerprint density at radius 1 is 1.30 bits per heavy atom. The summed E-state index contributed by atoms with van der Waals surface area (Å²) < 4.78 is 10.4. The molecule has 0 unspecified atom stereocenters. The smallest absolute Gasteiger partial charge is 0.258 e. The van der Waals surface area contributed by atoms with Crippen LogP contribution in [-0.4, -0.2) is 36.6 Å². The topological polar surface area (TPSA) is 76.2 Å². The second-order valence-electron chi connectivity index (χ2n) is 4.12. The first-order chi connectivity index (χ1) is 9.76. The van der Waals surface area contributed by atoms with Gasteiger partial charge in [0.15, 0.2) is 0 Å². The van der Waals surface area contributed by atoms with Crippen molar-refractivity contribution in [1.29, 1.82) is 0 Å². The monoisotopic (exact) mass is 275 g/mol. The van der Waals surface area contributed by atoms with Crippen LogP contribution < -0.4 is 14.8 Å². The van der Waals surface area contributed by atoms with Gasteiger partial charge in [-0.15, -0.1) is 0 Å². The fourth-order valence-electron chi connectivity index (χ4n) is 1.90. The Bertz CT molecular complexity index is 545. The summed E-state index contributed by atoms with van der Waals surface area (Å²) in [5.74, 6) is 0.755. The summed E-state index contributed by atoms with van der Waals surface area (Å²) in [6.45, 7) is 0.502. The van der Waals surface area contributed by atoms with Gasteiger partial charge in [-0.05, 0) is 12.1 Å². The predicted molar refractivity (Wildman–Crippen MR) is 74.2 cm³/mol. The zero-order chi connectivity index (χ0) is 14.4. The summed E-state index contributed by atoms with van der Waals surface area (Å²) in [5.41, 5.74) is 1.37. The molecule has 0 bridgehead atoms. The maximum atomic E-state index is 12.2. The Hall–Kier alpha value is -2.50. The second-order valence-corrected chi connectivity index (χ2v) is 4.12. The zero-order valence-electron chi connectivity index (χ0n) is 11.5. The first-order valence-corrected chi connectivity index (χ1v) is 6.22. The molecule has 106 valence electrons. The fourth-order valence-corrected chi connectivity index (χ4v) is 1.90. The molecule has 2 N–H and O–H groups in total. The van der Waals surface area contributed by atoms with Crippen LogP contribution in [0.15, 0.2) is 30.7 Å². The first-order valence-electron chi connectivity index (χ1n) is 6.22. The van der Waals surface area contributed by atoms with E-state index in [0.29, 0.717) is 30.0 Å². The number of hydrogen-bond donors (Lipinski definition) is 2. The van der Waals surface area contributed by atoms with Gasteiger partial charge in [-0.3, -0.25) is 4.79 Å². The summed E-state index contributed by atoms with van der Waals surface area (Å²) in [6, 6.07) is 5.23. The van der Waals surface area contributed by atoms with Gasteiger partial charge in [0.1, 0.15) is 17.1 Å². The number of hydrogen-bond acceptors (Lipinski definition) is 4. The molecule has 6 heteroatoms. The SMILES string of the molecule is COc1cccc(OC)c1C(=O)NCCc1cnc[nH]1. The number of benzene rings is 1. The molecule has 0 saturated carbocycles. The third-order valence-electron chi connectivity index (χ3n) is 2.89.